The van der Waals surface area contributed by atoms with Gasteiger partial charge in [0.15, 0.2) is 0 Å². The van der Waals surface area contributed by atoms with Gasteiger partial charge in [0.25, 0.3) is 0 Å². The lowest BCUT2D eigenvalue weighted by Crippen LogP contribution is -2.25. The van der Waals surface area contributed by atoms with Gasteiger partial charge in [0.1, 0.15) is 6.33 Å². The molecular weight excluding hydrogens is 252 g/mol. The predicted octanol–water partition coefficient (Wildman–Crippen LogP) is 1.45. The summed E-state index contributed by atoms with van der Waals surface area (Å²) in [6, 6.07) is 10.1. The van der Waals surface area contributed by atoms with Crippen LogP contribution >= 0.6 is 0 Å². The first-order chi connectivity index (χ1) is 9.81. The molecule has 0 spiro atoms. The van der Waals surface area contributed by atoms with Crippen molar-refractivity contribution in [2.24, 2.45) is 0 Å². The SMILES string of the molecule is Cc1cc(-c2ccccc2NCCNCCO)ncn1. The van der Waals surface area contributed by atoms with Crippen molar-refractivity contribution in [3.05, 3.63) is 42.4 Å². The van der Waals surface area contributed by atoms with E-state index in [1.807, 2.05) is 37.3 Å². The number of aliphatic hydroxyl groups excluding tert-OH is 1. The van der Waals surface area contributed by atoms with E-state index in [1.165, 1.54) is 0 Å². The lowest BCUT2D eigenvalue weighted by molar-refractivity contribution is 0.293. The average molecular weight is 272 g/mol. The Morgan fingerprint density at radius 3 is 2.75 bits per heavy atom. The predicted molar refractivity (Wildman–Crippen MR) is 80.7 cm³/mol. The highest BCUT2D eigenvalue weighted by Gasteiger charge is 2.05. The highest BCUT2D eigenvalue weighted by Crippen LogP contribution is 2.25. The van der Waals surface area contributed by atoms with Crippen molar-refractivity contribution in [2.45, 2.75) is 6.92 Å². The van der Waals surface area contributed by atoms with E-state index in [-0.39, 0.29) is 6.61 Å². The third-order valence-electron chi connectivity index (χ3n) is 2.91. The highest BCUT2D eigenvalue weighted by atomic mass is 16.3. The quantitative estimate of drug-likeness (QED) is 0.665. The highest BCUT2D eigenvalue weighted by molar-refractivity contribution is 5.75. The normalized spacial score (nSPS) is 10.5. The molecule has 3 N–H and O–H groups in total. The van der Waals surface area contributed by atoms with Crippen LogP contribution in [0, 0.1) is 6.92 Å². The third-order valence-corrected chi connectivity index (χ3v) is 2.91. The Hall–Kier alpha value is -1.98. The van der Waals surface area contributed by atoms with Crippen LogP contribution in [0.5, 0.6) is 0 Å². The zero-order valence-corrected chi connectivity index (χ0v) is 11.6. The van der Waals surface area contributed by atoms with E-state index in [1.54, 1.807) is 6.33 Å². The van der Waals surface area contributed by atoms with E-state index in [9.17, 15) is 0 Å². The zero-order valence-electron chi connectivity index (χ0n) is 11.6. The maximum atomic E-state index is 8.70. The number of aromatic nitrogens is 2. The van der Waals surface area contributed by atoms with Gasteiger partial charge in [0.05, 0.1) is 12.3 Å². The Bertz CT molecular complexity index is 545. The van der Waals surface area contributed by atoms with Crippen molar-refractivity contribution in [1.29, 1.82) is 0 Å². The molecule has 20 heavy (non-hydrogen) atoms. The first kappa shape index (κ1) is 14.4. The number of aliphatic hydroxyl groups is 1. The number of nitrogens with zero attached hydrogens (tertiary/aromatic N) is 2. The molecule has 5 heteroatoms. The second-order valence-electron chi connectivity index (χ2n) is 4.49. The first-order valence-electron chi connectivity index (χ1n) is 6.75. The van der Waals surface area contributed by atoms with E-state index in [2.05, 4.69) is 20.6 Å². The van der Waals surface area contributed by atoms with Crippen LogP contribution < -0.4 is 10.6 Å². The minimum atomic E-state index is 0.163. The monoisotopic (exact) mass is 272 g/mol. The molecule has 0 unspecified atom stereocenters. The summed E-state index contributed by atoms with van der Waals surface area (Å²) in [6.07, 6.45) is 1.59. The van der Waals surface area contributed by atoms with Crippen LogP contribution in [0.4, 0.5) is 5.69 Å². The summed E-state index contributed by atoms with van der Waals surface area (Å²) in [4.78, 5) is 8.45. The van der Waals surface area contributed by atoms with Gasteiger partial charge < -0.3 is 15.7 Å². The summed E-state index contributed by atoms with van der Waals surface area (Å²) < 4.78 is 0. The summed E-state index contributed by atoms with van der Waals surface area (Å²) in [5.41, 5.74) is 4.00. The average Bonchev–Trinajstić information content (AvgIpc) is 2.47. The van der Waals surface area contributed by atoms with Crippen LogP contribution in [0.3, 0.4) is 0 Å². The van der Waals surface area contributed by atoms with Crippen molar-refractivity contribution < 1.29 is 5.11 Å². The summed E-state index contributed by atoms with van der Waals surface area (Å²) in [5.74, 6) is 0. The zero-order chi connectivity index (χ0) is 14.2. The fraction of sp³-hybridized carbons (Fsp3) is 0.333. The molecule has 0 radical (unpaired) electrons. The van der Waals surface area contributed by atoms with E-state index < -0.39 is 0 Å². The number of benzene rings is 1. The molecule has 1 heterocycles. The Morgan fingerprint density at radius 2 is 1.95 bits per heavy atom. The van der Waals surface area contributed by atoms with E-state index in [4.69, 9.17) is 5.11 Å². The molecule has 0 bridgehead atoms. The largest absolute Gasteiger partial charge is 0.395 e. The van der Waals surface area contributed by atoms with Crippen LogP contribution in [0.1, 0.15) is 5.69 Å². The maximum Gasteiger partial charge on any atom is 0.116 e. The molecule has 0 aliphatic heterocycles. The summed E-state index contributed by atoms with van der Waals surface area (Å²) in [6.45, 7) is 4.34. The fourth-order valence-corrected chi connectivity index (χ4v) is 1.95. The molecule has 0 atom stereocenters. The third kappa shape index (κ3) is 4.01. The molecule has 0 saturated carbocycles. The standard InChI is InChI=1S/C15H20N4O/c1-12-10-15(19-11-18-12)13-4-2-3-5-14(13)17-7-6-16-8-9-20/h2-5,10-11,16-17,20H,6-9H2,1H3. The Labute approximate surface area is 119 Å². The number of nitrogens with one attached hydrogen (secondary N) is 2. The van der Waals surface area contributed by atoms with Gasteiger partial charge >= 0.3 is 0 Å². The van der Waals surface area contributed by atoms with Crippen LogP contribution in [0.15, 0.2) is 36.7 Å². The summed E-state index contributed by atoms with van der Waals surface area (Å²) >= 11 is 0. The van der Waals surface area contributed by atoms with Crippen molar-refractivity contribution in [2.75, 3.05) is 31.6 Å². The number of anilines is 1. The summed E-state index contributed by atoms with van der Waals surface area (Å²) in [5, 5.41) is 15.2. The second kappa shape index (κ2) is 7.57. The van der Waals surface area contributed by atoms with Crippen LogP contribution in [-0.4, -0.2) is 41.3 Å². The molecule has 0 aliphatic rings. The van der Waals surface area contributed by atoms with Gasteiger partial charge in [-0.25, -0.2) is 9.97 Å². The Balaban J connectivity index is 2.06. The second-order valence-corrected chi connectivity index (χ2v) is 4.49. The van der Waals surface area contributed by atoms with Crippen molar-refractivity contribution in [3.63, 3.8) is 0 Å². The minimum absolute atomic E-state index is 0.163. The first-order valence-corrected chi connectivity index (χ1v) is 6.75. The minimum Gasteiger partial charge on any atom is -0.395 e. The molecule has 2 rings (SSSR count). The molecule has 0 amide bonds. The molecule has 0 aliphatic carbocycles. The number of aryl methyl sites for hydroxylation is 1. The van der Waals surface area contributed by atoms with Crippen molar-refractivity contribution >= 4 is 5.69 Å². The van der Waals surface area contributed by atoms with Gasteiger partial charge in [-0.1, -0.05) is 18.2 Å². The van der Waals surface area contributed by atoms with Gasteiger partial charge in [-0.3, -0.25) is 0 Å². The Morgan fingerprint density at radius 1 is 1.10 bits per heavy atom. The number of rotatable bonds is 7. The smallest absolute Gasteiger partial charge is 0.116 e. The van der Waals surface area contributed by atoms with Gasteiger partial charge in [0.2, 0.25) is 0 Å². The maximum absolute atomic E-state index is 8.70. The fourth-order valence-electron chi connectivity index (χ4n) is 1.95. The molecule has 1 aromatic carbocycles. The van der Waals surface area contributed by atoms with E-state index >= 15 is 0 Å². The lowest BCUT2D eigenvalue weighted by Gasteiger charge is -2.12. The number of hydrogen-bond acceptors (Lipinski definition) is 5. The van der Waals surface area contributed by atoms with Crippen LogP contribution in [-0.2, 0) is 0 Å². The number of hydrogen-bond donors (Lipinski definition) is 3. The molecule has 106 valence electrons. The van der Waals surface area contributed by atoms with Gasteiger partial charge in [-0.05, 0) is 19.1 Å². The van der Waals surface area contributed by atoms with Crippen molar-refractivity contribution in [1.82, 2.24) is 15.3 Å². The van der Waals surface area contributed by atoms with Crippen LogP contribution in [0.25, 0.3) is 11.3 Å². The topological polar surface area (TPSA) is 70.1 Å². The molecule has 5 nitrogen and oxygen atoms in total. The van der Waals surface area contributed by atoms with Gasteiger partial charge in [-0.2, -0.15) is 0 Å². The Kier molecular flexibility index (Phi) is 5.46. The van der Waals surface area contributed by atoms with Crippen LogP contribution in [0.2, 0.25) is 0 Å². The van der Waals surface area contributed by atoms with E-state index in [0.717, 1.165) is 35.7 Å². The number of para-hydroxylation sites is 1. The molecule has 1 aromatic heterocycles. The molecular formula is C15H20N4O. The van der Waals surface area contributed by atoms with Gasteiger partial charge in [0, 0.05) is 36.6 Å². The summed E-state index contributed by atoms with van der Waals surface area (Å²) in [7, 11) is 0. The molecule has 0 saturated heterocycles. The van der Waals surface area contributed by atoms with E-state index in [0.29, 0.717) is 6.54 Å². The van der Waals surface area contributed by atoms with Gasteiger partial charge in [-0.15, -0.1) is 0 Å². The van der Waals surface area contributed by atoms with Crippen molar-refractivity contribution in [3.8, 4) is 11.3 Å². The molecule has 0 fully saturated rings. The molecule has 2 aromatic rings. The lowest BCUT2D eigenvalue weighted by atomic mass is 10.1.